The Bertz CT molecular complexity index is 957. The zero-order valence-corrected chi connectivity index (χ0v) is 14.8. The van der Waals surface area contributed by atoms with E-state index in [1.54, 1.807) is 6.21 Å². The number of anilines is 1. The summed E-state index contributed by atoms with van der Waals surface area (Å²) in [5, 5.41) is 9.88. The lowest BCUT2D eigenvalue weighted by Crippen LogP contribution is -2.13. The predicted octanol–water partition coefficient (Wildman–Crippen LogP) is 2.59. The van der Waals surface area contributed by atoms with Crippen LogP contribution in [-0.2, 0) is 6.61 Å². The van der Waals surface area contributed by atoms with Gasteiger partial charge in [-0.2, -0.15) is 15.2 Å². The number of hydrogen-bond acceptors (Lipinski definition) is 7. The van der Waals surface area contributed by atoms with Gasteiger partial charge >= 0.3 is 5.69 Å². The maximum atomic E-state index is 11.1. The van der Waals surface area contributed by atoms with E-state index in [4.69, 9.17) is 9.47 Å². The molecule has 0 aliphatic carbocycles. The first-order chi connectivity index (χ1) is 13.2. The summed E-state index contributed by atoms with van der Waals surface area (Å²) in [6.45, 7) is 2.88. The van der Waals surface area contributed by atoms with E-state index in [1.807, 2.05) is 55.5 Å². The summed E-state index contributed by atoms with van der Waals surface area (Å²) >= 11 is 0. The van der Waals surface area contributed by atoms with Crippen LogP contribution in [0.2, 0.25) is 0 Å². The van der Waals surface area contributed by atoms with E-state index in [9.17, 15) is 4.79 Å². The fourth-order valence-corrected chi connectivity index (χ4v) is 2.27. The molecule has 0 saturated heterocycles. The maximum Gasteiger partial charge on any atom is 0.363 e. The number of ether oxygens (including phenoxy) is 2. The number of hydrazone groups is 1. The molecule has 0 radical (unpaired) electrons. The first kappa shape index (κ1) is 18.1. The maximum absolute atomic E-state index is 11.1. The van der Waals surface area contributed by atoms with Crippen LogP contribution in [0.1, 0.15) is 18.1 Å². The molecular formula is C19H19N5O3. The molecule has 0 unspecified atom stereocenters. The standard InChI is InChI=1S/C19H19N5O3/c1-2-26-17-10-15(11-20-23-18-12-21-24-19(25)22-18)8-9-16(17)27-13-14-6-4-3-5-7-14/h3-12H,2,13H2,1H3,(H2,22,23,24,25)/b20-11+. The van der Waals surface area contributed by atoms with Crippen LogP contribution in [0, 0.1) is 0 Å². The highest BCUT2D eigenvalue weighted by Gasteiger charge is 2.06. The fourth-order valence-electron chi connectivity index (χ4n) is 2.27. The molecular weight excluding hydrogens is 346 g/mol. The van der Waals surface area contributed by atoms with Gasteiger partial charge in [0.25, 0.3) is 0 Å². The molecule has 8 nitrogen and oxygen atoms in total. The molecule has 1 heterocycles. The molecule has 0 aliphatic heterocycles. The van der Waals surface area contributed by atoms with Crippen LogP contribution in [0.25, 0.3) is 0 Å². The lowest BCUT2D eigenvalue weighted by molar-refractivity contribution is 0.269. The number of aromatic amines is 1. The third-order valence-corrected chi connectivity index (χ3v) is 3.47. The zero-order valence-electron chi connectivity index (χ0n) is 14.8. The highest BCUT2D eigenvalue weighted by molar-refractivity contribution is 5.81. The van der Waals surface area contributed by atoms with Crippen molar-refractivity contribution < 1.29 is 9.47 Å². The van der Waals surface area contributed by atoms with Gasteiger partial charge in [0.15, 0.2) is 17.3 Å². The Balaban J connectivity index is 1.68. The van der Waals surface area contributed by atoms with Crippen molar-refractivity contribution in [2.45, 2.75) is 13.5 Å². The average molecular weight is 365 g/mol. The highest BCUT2D eigenvalue weighted by Crippen LogP contribution is 2.28. The molecule has 2 aromatic carbocycles. The van der Waals surface area contributed by atoms with Gasteiger partial charge in [-0.25, -0.2) is 9.89 Å². The molecule has 8 heteroatoms. The van der Waals surface area contributed by atoms with Crippen LogP contribution in [0.5, 0.6) is 11.5 Å². The summed E-state index contributed by atoms with van der Waals surface area (Å²) in [6, 6.07) is 15.4. The van der Waals surface area contributed by atoms with E-state index in [-0.39, 0.29) is 5.82 Å². The van der Waals surface area contributed by atoms with E-state index in [1.165, 1.54) is 6.20 Å². The normalized spacial score (nSPS) is 10.7. The van der Waals surface area contributed by atoms with Crippen molar-refractivity contribution in [3.8, 4) is 11.5 Å². The van der Waals surface area contributed by atoms with E-state index >= 15 is 0 Å². The lowest BCUT2D eigenvalue weighted by atomic mass is 10.2. The fraction of sp³-hybridized carbons (Fsp3) is 0.158. The Morgan fingerprint density at radius 1 is 1.15 bits per heavy atom. The van der Waals surface area contributed by atoms with E-state index < -0.39 is 5.69 Å². The van der Waals surface area contributed by atoms with Crippen LogP contribution < -0.4 is 20.6 Å². The molecule has 0 fully saturated rings. The molecule has 138 valence electrons. The van der Waals surface area contributed by atoms with E-state index in [2.05, 4.69) is 25.7 Å². The first-order valence-corrected chi connectivity index (χ1v) is 8.39. The number of hydrogen-bond donors (Lipinski definition) is 2. The minimum absolute atomic E-state index is 0.253. The number of aromatic nitrogens is 3. The highest BCUT2D eigenvalue weighted by atomic mass is 16.5. The Morgan fingerprint density at radius 2 is 2.00 bits per heavy atom. The second-order valence-electron chi connectivity index (χ2n) is 5.46. The Kier molecular flexibility index (Phi) is 6.13. The number of nitrogens with one attached hydrogen (secondary N) is 2. The van der Waals surface area contributed by atoms with Gasteiger partial charge < -0.3 is 9.47 Å². The smallest absolute Gasteiger partial charge is 0.363 e. The second-order valence-corrected chi connectivity index (χ2v) is 5.46. The number of H-pyrrole nitrogens is 1. The molecule has 0 amide bonds. The van der Waals surface area contributed by atoms with Gasteiger partial charge in [-0.3, -0.25) is 5.43 Å². The van der Waals surface area contributed by atoms with E-state index in [0.717, 1.165) is 11.1 Å². The van der Waals surface area contributed by atoms with E-state index in [0.29, 0.717) is 24.7 Å². The van der Waals surface area contributed by atoms with Crippen molar-refractivity contribution >= 4 is 12.0 Å². The number of rotatable bonds is 8. The SMILES string of the molecule is CCOc1cc(/C=N/Nc2cn[nH]c(=O)n2)ccc1OCc1ccccc1. The molecule has 3 aromatic rings. The first-order valence-electron chi connectivity index (χ1n) is 8.39. The second kappa shape index (κ2) is 9.14. The topological polar surface area (TPSA) is 101 Å². The molecule has 0 bridgehead atoms. The van der Waals surface area contributed by atoms with Crippen molar-refractivity contribution in [3.63, 3.8) is 0 Å². The Hall–Kier alpha value is -3.68. The van der Waals surface area contributed by atoms with Gasteiger partial charge in [0.2, 0.25) is 0 Å². The monoisotopic (exact) mass is 365 g/mol. The number of nitrogens with zero attached hydrogens (tertiary/aromatic N) is 3. The summed E-state index contributed by atoms with van der Waals surface area (Å²) in [7, 11) is 0. The van der Waals surface area contributed by atoms with Gasteiger partial charge in [0.1, 0.15) is 6.61 Å². The van der Waals surface area contributed by atoms with Crippen molar-refractivity contribution in [2.24, 2.45) is 5.10 Å². The quantitative estimate of drug-likeness (QED) is 0.470. The van der Waals surface area contributed by atoms with Crippen LogP contribution >= 0.6 is 0 Å². The van der Waals surface area contributed by atoms with Crippen LogP contribution in [-0.4, -0.2) is 28.0 Å². The average Bonchev–Trinajstić information content (AvgIpc) is 2.68. The third kappa shape index (κ3) is 5.40. The van der Waals surface area contributed by atoms with Gasteiger partial charge in [-0.15, -0.1) is 0 Å². The van der Waals surface area contributed by atoms with Crippen LogP contribution in [0.3, 0.4) is 0 Å². The van der Waals surface area contributed by atoms with Gasteiger partial charge in [0.05, 0.1) is 19.0 Å². The molecule has 0 atom stereocenters. The summed E-state index contributed by atoms with van der Waals surface area (Å²) in [6.07, 6.45) is 2.96. The Labute approximate surface area is 155 Å². The Morgan fingerprint density at radius 3 is 2.78 bits per heavy atom. The molecule has 1 aromatic heterocycles. The molecule has 0 aliphatic rings. The van der Waals surface area contributed by atoms with Crippen molar-refractivity contribution in [2.75, 3.05) is 12.0 Å². The van der Waals surface area contributed by atoms with Gasteiger partial charge in [-0.1, -0.05) is 30.3 Å². The molecule has 0 saturated carbocycles. The molecule has 2 N–H and O–H groups in total. The number of benzene rings is 2. The van der Waals surface area contributed by atoms with Crippen molar-refractivity contribution in [1.82, 2.24) is 15.2 Å². The minimum atomic E-state index is -0.547. The summed E-state index contributed by atoms with van der Waals surface area (Å²) in [5.41, 5.74) is 3.98. The lowest BCUT2D eigenvalue weighted by Gasteiger charge is -2.12. The van der Waals surface area contributed by atoms with Crippen LogP contribution in [0.15, 0.2) is 64.6 Å². The zero-order chi connectivity index (χ0) is 18.9. The van der Waals surface area contributed by atoms with Crippen molar-refractivity contribution in [3.05, 3.63) is 76.3 Å². The molecule has 3 rings (SSSR count). The van der Waals surface area contributed by atoms with Crippen LogP contribution in [0.4, 0.5) is 5.82 Å². The molecule has 0 spiro atoms. The largest absolute Gasteiger partial charge is 0.490 e. The third-order valence-electron chi connectivity index (χ3n) is 3.47. The summed E-state index contributed by atoms with van der Waals surface area (Å²) in [4.78, 5) is 14.8. The van der Waals surface area contributed by atoms with Crippen molar-refractivity contribution in [1.29, 1.82) is 0 Å². The molecule has 27 heavy (non-hydrogen) atoms. The minimum Gasteiger partial charge on any atom is -0.490 e. The van der Waals surface area contributed by atoms with Gasteiger partial charge in [-0.05, 0) is 36.2 Å². The predicted molar refractivity (Wildman–Crippen MR) is 102 cm³/mol. The summed E-state index contributed by atoms with van der Waals surface area (Å²) < 4.78 is 11.5. The summed E-state index contributed by atoms with van der Waals surface area (Å²) in [5.74, 6) is 1.54. The van der Waals surface area contributed by atoms with Gasteiger partial charge in [0, 0.05) is 0 Å².